The molecule has 0 radical (unpaired) electrons. The van der Waals surface area contributed by atoms with E-state index in [1.165, 1.54) is 40.4 Å². The van der Waals surface area contributed by atoms with Gasteiger partial charge < -0.3 is 4.74 Å². The number of anilines is 1. The molecule has 0 unspecified atom stereocenters. The van der Waals surface area contributed by atoms with Crippen molar-refractivity contribution in [2.45, 2.75) is 13.5 Å². The summed E-state index contributed by atoms with van der Waals surface area (Å²) in [5.74, 6) is 0.424. The number of thioether (sulfide) groups is 1. The fraction of sp³-hybridized carbons (Fsp3) is 0.0833. The number of ether oxygens (including phenoxy) is 1. The maximum Gasteiger partial charge on any atom is 0.271 e. The van der Waals surface area contributed by atoms with Crippen LogP contribution in [0.2, 0.25) is 0 Å². The molecule has 32 heavy (non-hydrogen) atoms. The Morgan fingerprint density at radius 2 is 1.84 bits per heavy atom. The minimum atomic E-state index is -0.500. The molecule has 1 fully saturated rings. The van der Waals surface area contributed by atoms with Crippen molar-refractivity contribution in [1.29, 1.82) is 0 Å². The van der Waals surface area contributed by atoms with Crippen LogP contribution in [0.1, 0.15) is 16.7 Å². The molecule has 1 heterocycles. The van der Waals surface area contributed by atoms with Crippen molar-refractivity contribution in [2.24, 2.45) is 0 Å². The summed E-state index contributed by atoms with van der Waals surface area (Å²) >= 11 is 6.52. The number of nitro benzene ring substituents is 1. The van der Waals surface area contributed by atoms with E-state index < -0.39 is 4.92 Å². The van der Waals surface area contributed by atoms with E-state index in [1.54, 1.807) is 12.1 Å². The summed E-state index contributed by atoms with van der Waals surface area (Å²) in [7, 11) is 0. The van der Waals surface area contributed by atoms with Crippen molar-refractivity contribution in [3.8, 4) is 5.75 Å². The molecule has 1 aliphatic rings. The first-order chi connectivity index (χ1) is 15.4. The number of rotatable bonds is 6. The van der Waals surface area contributed by atoms with Crippen LogP contribution in [-0.2, 0) is 11.4 Å². The van der Waals surface area contributed by atoms with Gasteiger partial charge in [0, 0.05) is 12.1 Å². The second-order valence-electron chi connectivity index (χ2n) is 7.14. The lowest BCUT2D eigenvalue weighted by molar-refractivity contribution is -0.384. The van der Waals surface area contributed by atoms with Gasteiger partial charge in [0.1, 0.15) is 12.4 Å². The zero-order valence-electron chi connectivity index (χ0n) is 17.1. The van der Waals surface area contributed by atoms with E-state index >= 15 is 0 Å². The highest BCUT2D eigenvalue weighted by molar-refractivity contribution is 8.27. The summed E-state index contributed by atoms with van der Waals surface area (Å²) in [5, 5.41) is 11.0. The Morgan fingerprint density at radius 1 is 1.09 bits per heavy atom. The van der Waals surface area contributed by atoms with Gasteiger partial charge in [-0.25, -0.2) is 0 Å². The molecule has 0 saturated carbocycles. The number of carbonyl (C=O) groups excluding carboxylic acids is 1. The predicted octanol–water partition coefficient (Wildman–Crippen LogP) is 5.89. The average Bonchev–Trinajstić information content (AvgIpc) is 3.06. The Bertz CT molecular complexity index is 1240. The maximum absolute atomic E-state index is 12.9. The Morgan fingerprint density at radius 3 is 2.56 bits per heavy atom. The van der Waals surface area contributed by atoms with Crippen LogP contribution in [0.5, 0.6) is 5.75 Å². The van der Waals surface area contributed by atoms with Crippen molar-refractivity contribution in [3.63, 3.8) is 0 Å². The summed E-state index contributed by atoms with van der Waals surface area (Å²) < 4.78 is 6.17. The van der Waals surface area contributed by atoms with Gasteiger partial charge in [0.25, 0.3) is 11.6 Å². The van der Waals surface area contributed by atoms with Crippen LogP contribution in [0.25, 0.3) is 6.08 Å². The number of hydrogen-bond donors (Lipinski definition) is 0. The molecule has 160 valence electrons. The number of thiocarbonyl (C=S) groups is 1. The van der Waals surface area contributed by atoms with Crippen LogP contribution in [-0.4, -0.2) is 15.2 Å². The van der Waals surface area contributed by atoms with Gasteiger partial charge in [0.05, 0.1) is 15.5 Å². The van der Waals surface area contributed by atoms with E-state index in [0.29, 0.717) is 21.5 Å². The highest BCUT2D eigenvalue weighted by atomic mass is 32.2. The lowest BCUT2D eigenvalue weighted by Gasteiger charge is -2.13. The summed E-state index contributed by atoms with van der Waals surface area (Å²) in [6.07, 6.45) is 1.75. The summed E-state index contributed by atoms with van der Waals surface area (Å²) in [6, 6.07) is 21.5. The average molecular weight is 463 g/mol. The lowest BCUT2D eigenvalue weighted by Crippen LogP contribution is -2.27. The molecule has 4 rings (SSSR count). The number of amides is 1. The van der Waals surface area contributed by atoms with Crippen LogP contribution >= 0.6 is 24.0 Å². The minimum Gasteiger partial charge on any atom is -0.489 e. The van der Waals surface area contributed by atoms with Gasteiger partial charge in [0.2, 0.25) is 0 Å². The van der Waals surface area contributed by atoms with E-state index in [4.69, 9.17) is 17.0 Å². The standard InChI is InChI=1S/C24H18N2O4S2/c1-16-4-2-5-18(12-16)15-30-21-10-8-17(9-11-21)13-22-23(27)25(24(31)32-22)19-6-3-7-20(14-19)26(28)29/h2-14H,15H2,1H3/b22-13-. The highest BCUT2D eigenvalue weighted by Crippen LogP contribution is 2.37. The van der Waals surface area contributed by atoms with Crippen molar-refractivity contribution >= 4 is 51.7 Å². The van der Waals surface area contributed by atoms with Crippen LogP contribution < -0.4 is 9.64 Å². The van der Waals surface area contributed by atoms with Gasteiger partial charge in [-0.1, -0.05) is 72.0 Å². The van der Waals surface area contributed by atoms with Gasteiger partial charge in [0.15, 0.2) is 4.32 Å². The molecule has 1 saturated heterocycles. The number of benzene rings is 3. The number of carbonyl (C=O) groups is 1. The summed E-state index contributed by atoms with van der Waals surface area (Å²) in [4.78, 5) is 25.2. The highest BCUT2D eigenvalue weighted by Gasteiger charge is 2.33. The SMILES string of the molecule is Cc1cccc(COc2ccc(/C=C3\SC(=S)N(c4cccc([N+](=O)[O-])c4)C3=O)cc2)c1. The van der Waals surface area contributed by atoms with E-state index in [0.717, 1.165) is 16.9 Å². The molecule has 8 heteroatoms. The van der Waals surface area contributed by atoms with Crippen molar-refractivity contribution in [2.75, 3.05) is 4.90 Å². The molecule has 1 aliphatic heterocycles. The van der Waals surface area contributed by atoms with Gasteiger partial charge >= 0.3 is 0 Å². The number of nitro groups is 1. The zero-order valence-corrected chi connectivity index (χ0v) is 18.7. The van der Waals surface area contributed by atoms with Crippen LogP contribution in [0.15, 0.2) is 77.7 Å². The van der Waals surface area contributed by atoms with E-state index in [2.05, 4.69) is 6.07 Å². The Hall–Kier alpha value is -3.49. The first-order valence-electron chi connectivity index (χ1n) is 9.71. The van der Waals surface area contributed by atoms with Crippen molar-refractivity contribution in [1.82, 2.24) is 0 Å². The smallest absolute Gasteiger partial charge is 0.271 e. The third-order valence-electron chi connectivity index (χ3n) is 4.76. The van der Waals surface area contributed by atoms with Crippen molar-refractivity contribution < 1.29 is 14.5 Å². The molecular weight excluding hydrogens is 444 g/mol. The molecule has 3 aromatic carbocycles. The van der Waals surface area contributed by atoms with E-state index in [1.807, 2.05) is 49.4 Å². The number of aryl methyl sites for hydroxylation is 1. The van der Waals surface area contributed by atoms with Crippen LogP contribution in [0.4, 0.5) is 11.4 Å². The number of hydrogen-bond acceptors (Lipinski definition) is 6. The first kappa shape index (κ1) is 21.7. The normalized spacial score (nSPS) is 14.8. The molecule has 0 spiro atoms. The summed E-state index contributed by atoms with van der Waals surface area (Å²) in [5.41, 5.74) is 3.39. The van der Waals surface area contributed by atoms with Gasteiger partial charge in [-0.2, -0.15) is 0 Å². The topological polar surface area (TPSA) is 72.7 Å². The summed E-state index contributed by atoms with van der Waals surface area (Å²) in [6.45, 7) is 2.52. The molecular formula is C24H18N2O4S2. The molecule has 0 aromatic heterocycles. The fourth-order valence-corrected chi connectivity index (χ4v) is 4.52. The monoisotopic (exact) mass is 462 g/mol. The zero-order chi connectivity index (χ0) is 22.7. The second kappa shape index (κ2) is 9.33. The Kier molecular flexibility index (Phi) is 6.34. The third-order valence-corrected chi connectivity index (χ3v) is 6.06. The van der Waals surface area contributed by atoms with Crippen LogP contribution in [0.3, 0.4) is 0 Å². The number of non-ortho nitro benzene ring substituents is 1. The molecule has 0 aliphatic carbocycles. The lowest BCUT2D eigenvalue weighted by atomic mass is 10.1. The molecule has 1 amide bonds. The molecule has 0 atom stereocenters. The van der Waals surface area contributed by atoms with Gasteiger partial charge in [-0.15, -0.1) is 0 Å². The fourth-order valence-electron chi connectivity index (χ4n) is 3.22. The van der Waals surface area contributed by atoms with E-state index in [-0.39, 0.29) is 11.6 Å². The first-order valence-corrected chi connectivity index (χ1v) is 10.9. The van der Waals surface area contributed by atoms with Crippen molar-refractivity contribution in [3.05, 3.63) is 105 Å². The quantitative estimate of drug-likeness (QED) is 0.197. The third kappa shape index (κ3) is 4.87. The Labute approximate surface area is 194 Å². The van der Waals surface area contributed by atoms with Gasteiger partial charge in [-0.3, -0.25) is 19.8 Å². The molecule has 0 N–H and O–H groups in total. The molecule has 6 nitrogen and oxygen atoms in total. The minimum absolute atomic E-state index is 0.0956. The van der Waals surface area contributed by atoms with Crippen LogP contribution in [0, 0.1) is 17.0 Å². The molecule has 0 bridgehead atoms. The second-order valence-corrected chi connectivity index (χ2v) is 8.82. The molecule has 3 aromatic rings. The van der Waals surface area contributed by atoms with E-state index in [9.17, 15) is 14.9 Å². The Balaban J connectivity index is 1.47. The maximum atomic E-state index is 12.9. The van der Waals surface area contributed by atoms with Gasteiger partial charge in [-0.05, 0) is 42.3 Å². The largest absolute Gasteiger partial charge is 0.489 e. The number of nitrogens with zero attached hydrogens (tertiary/aromatic N) is 2. The predicted molar refractivity (Wildman–Crippen MR) is 131 cm³/mol.